The highest BCUT2D eigenvalue weighted by Gasteiger charge is 2.28. The Kier molecular flexibility index (Phi) is 5.23. The minimum atomic E-state index is 0.241. The fraction of sp³-hybridized carbons (Fsp3) is 0.588. The number of rotatable bonds is 4. The first kappa shape index (κ1) is 15.8. The second kappa shape index (κ2) is 6.94. The molecule has 1 amide bonds. The summed E-state index contributed by atoms with van der Waals surface area (Å²) in [6.07, 6.45) is 0.633. The van der Waals surface area contributed by atoms with Crippen LogP contribution in [-0.4, -0.2) is 49.5 Å². The number of piperazine rings is 1. The van der Waals surface area contributed by atoms with Gasteiger partial charge in [-0.25, -0.2) is 0 Å². The van der Waals surface area contributed by atoms with E-state index in [9.17, 15) is 4.79 Å². The number of hydrogen-bond donors (Lipinski definition) is 0. The molecule has 0 radical (unpaired) electrons. The van der Waals surface area contributed by atoms with Crippen molar-refractivity contribution >= 4 is 5.91 Å². The second-order valence-electron chi connectivity index (χ2n) is 6.21. The number of ether oxygens (including phenoxy) is 1. The van der Waals surface area contributed by atoms with Crippen molar-refractivity contribution in [2.45, 2.75) is 26.3 Å². The van der Waals surface area contributed by atoms with Crippen LogP contribution in [0.2, 0.25) is 0 Å². The Labute approximate surface area is 127 Å². The smallest absolute Gasteiger partial charge is 0.222 e. The first-order valence-corrected chi connectivity index (χ1v) is 7.63. The van der Waals surface area contributed by atoms with Crippen molar-refractivity contribution in [3.8, 4) is 5.75 Å². The van der Waals surface area contributed by atoms with Crippen molar-refractivity contribution in [1.29, 1.82) is 0 Å². The Morgan fingerprint density at radius 2 is 2.14 bits per heavy atom. The predicted octanol–water partition coefficient (Wildman–Crippen LogP) is 2.56. The van der Waals surface area contributed by atoms with E-state index in [1.807, 2.05) is 17.0 Å². The van der Waals surface area contributed by atoms with E-state index in [1.54, 1.807) is 7.11 Å². The van der Waals surface area contributed by atoms with Gasteiger partial charge in [-0.15, -0.1) is 0 Å². The molecule has 116 valence electrons. The number of carbonyl (C=O) groups is 1. The zero-order valence-electron chi connectivity index (χ0n) is 13.5. The third kappa shape index (κ3) is 3.97. The van der Waals surface area contributed by atoms with E-state index in [0.717, 1.165) is 25.4 Å². The lowest BCUT2D eigenvalue weighted by Crippen LogP contribution is -2.49. The van der Waals surface area contributed by atoms with Crippen LogP contribution in [0.25, 0.3) is 0 Å². The van der Waals surface area contributed by atoms with Gasteiger partial charge >= 0.3 is 0 Å². The Balaban J connectivity index is 2.12. The minimum absolute atomic E-state index is 0.241. The van der Waals surface area contributed by atoms with Gasteiger partial charge in [0.05, 0.1) is 13.2 Å². The minimum Gasteiger partial charge on any atom is -0.497 e. The van der Waals surface area contributed by atoms with Crippen LogP contribution in [0.15, 0.2) is 24.3 Å². The SMILES string of the molecule is COc1cccc(C2CN(C(=O)CC(C)C)CCN2C)c1. The summed E-state index contributed by atoms with van der Waals surface area (Å²) in [5, 5.41) is 0. The Morgan fingerprint density at radius 3 is 2.81 bits per heavy atom. The molecule has 1 heterocycles. The number of carbonyl (C=O) groups excluding carboxylic acids is 1. The third-order valence-electron chi connectivity index (χ3n) is 4.06. The topological polar surface area (TPSA) is 32.8 Å². The summed E-state index contributed by atoms with van der Waals surface area (Å²) in [7, 11) is 3.80. The largest absolute Gasteiger partial charge is 0.497 e. The van der Waals surface area contributed by atoms with Gasteiger partial charge in [0, 0.05) is 26.1 Å². The standard InChI is InChI=1S/C17H26N2O2/c1-13(2)10-17(20)19-9-8-18(3)16(12-19)14-6-5-7-15(11-14)21-4/h5-7,11,13,16H,8-10,12H2,1-4H3. The summed E-state index contributed by atoms with van der Waals surface area (Å²) in [5.41, 5.74) is 1.21. The molecule has 1 fully saturated rings. The fourth-order valence-electron chi connectivity index (χ4n) is 2.79. The molecule has 0 aromatic heterocycles. The summed E-state index contributed by atoms with van der Waals surface area (Å²) in [5.74, 6) is 1.55. The van der Waals surface area contributed by atoms with Crippen molar-refractivity contribution < 1.29 is 9.53 Å². The van der Waals surface area contributed by atoms with E-state index in [-0.39, 0.29) is 11.9 Å². The summed E-state index contributed by atoms with van der Waals surface area (Å²) >= 11 is 0. The van der Waals surface area contributed by atoms with E-state index < -0.39 is 0 Å². The molecular weight excluding hydrogens is 264 g/mol. The summed E-state index contributed by atoms with van der Waals surface area (Å²) in [6, 6.07) is 8.38. The molecule has 2 rings (SSSR count). The highest BCUT2D eigenvalue weighted by atomic mass is 16.5. The molecule has 4 heteroatoms. The van der Waals surface area contributed by atoms with Crippen molar-refractivity contribution in [3.05, 3.63) is 29.8 Å². The van der Waals surface area contributed by atoms with E-state index in [0.29, 0.717) is 12.3 Å². The fourth-order valence-corrected chi connectivity index (χ4v) is 2.79. The monoisotopic (exact) mass is 290 g/mol. The van der Waals surface area contributed by atoms with Gasteiger partial charge in [0.25, 0.3) is 0 Å². The molecule has 0 bridgehead atoms. The highest BCUT2D eigenvalue weighted by Crippen LogP contribution is 2.27. The normalized spacial score (nSPS) is 19.9. The van der Waals surface area contributed by atoms with E-state index in [4.69, 9.17) is 4.74 Å². The van der Waals surface area contributed by atoms with Gasteiger partial charge < -0.3 is 9.64 Å². The van der Waals surface area contributed by atoms with Crippen molar-refractivity contribution in [1.82, 2.24) is 9.80 Å². The lowest BCUT2D eigenvalue weighted by atomic mass is 10.0. The zero-order chi connectivity index (χ0) is 15.4. The molecule has 1 aromatic rings. The third-order valence-corrected chi connectivity index (χ3v) is 4.06. The number of amides is 1. The number of methoxy groups -OCH3 is 1. The number of hydrogen-bond acceptors (Lipinski definition) is 3. The molecule has 4 nitrogen and oxygen atoms in total. The second-order valence-corrected chi connectivity index (χ2v) is 6.21. The molecule has 21 heavy (non-hydrogen) atoms. The van der Waals surface area contributed by atoms with Crippen LogP contribution < -0.4 is 4.74 Å². The first-order valence-electron chi connectivity index (χ1n) is 7.63. The van der Waals surface area contributed by atoms with Crippen molar-refractivity contribution in [3.63, 3.8) is 0 Å². The molecule has 1 aromatic carbocycles. The van der Waals surface area contributed by atoms with Crippen LogP contribution in [0.3, 0.4) is 0 Å². The van der Waals surface area contributed by atoms with Gasteiger partial charge in [-0.3, -0.25) is 9.69 Å². The van der Waals surface area contributed by atoms with E-state index in [2.05, 4.69) is 37.9 Å². The average molecular weight is 290 g/mol. The summed E-state index contributed by atoms with van der Waals surface area (Å²) in [6.45, 7) is 6.67. The average Bonchev–Trinajstić information content (AvgIpc) is 2.47. The maximum atomic E-state index is 12.3. The molecule has 1 aliphatic rings. The van der Waals surface area contributed by atoms with Gasteiger partial charge in [-0.05, 0) is 30.7 Å². The van der Waals surface area contributed by atoms with Crippen LogP contribution in [0, 0.1) is 5.92 Å². The highest BCUT2D eigenvalue weighted by molar-refractivity contribution is 5.76. The molecule has 1 saturated heterocycles. The Hall–Kier alpha value is -1.55. The number of likely N-dealkylation sites (N-methyl/N-ethyl adjacent to an activating group) is 1. The number of benzene rings is 1. The van der Waals surface area contributed by atoms with Gasteiger partial charge in [0.2, 0.25) is 5.91 Å². The van der Waals surface area contributed by atoms with Gasteiger partial charge in [-0.2, -0.15) is 0 Å². The predicted molar refractivity (Wildman–Crippen MR) is 84.4 cm³/mol. The van der Waals surface area contributed by atoms with Crippen LogP contribution in [0.1, 0.15) is 31.9 Å². The summed E-state index contributed by atoms with van der Waals surface area (Å²) < 4.78 is 5.31. The molecule has 0 saturated carbocycles. The molecule has 1 aliphatic heterocycles. The Bertz CT molecular complexity index is 487. The summed E-state index contributed by atoms with van der Waals surface area (Å²) in [4.78, 5) is 16.6. The van der Waals surface area contributed by atoms with Crippen LogP contribution in [0.5, 0.6) is 5.75 Å². The van der Waals surface area contributed by atoms with Gasteiger partial charge in [0.1, 0.15) is 5.75 Å². The van der Waals surface area contributed by atoms with Gasteiger partial charge in [-0.1, -0.05) is 26.0 Å². The van der Waals surface area contributed by atoms with Gasteiger partial charge in [0.15, 0.2) is 0 Å². The molecule has 1 atom stereocenters. The van der Waals surface area contributed by atoms with E-state index in [1.165, 1.54) is 5.56 Å². The molecule has 0 aliphatic carbocycles. The molecule has 1 unspecified atom stereocenters. The van der Waals surface area contributed by atoms with Crippen LogP contribution in [-0.2, 0) is 4.79 Å². The van der Waals surface area contributed by atoms with E-state index >= 15 is 0 Å². The number of nitrogens with zero attached hydrogens (tertiary/aromatic N) is 2. The van der Waals surface area contributed by atoms with Crippen LogP contribution >= 0.6 is 0 Å². The van der Waals surface area contributed by atoms with Crippen molar-refractivity contribution in [2.75, 3.05) is 33.8 Å². The first-order chi connectivity index (χ1) is 10.0. The van der Waals surface area contributed by atoms with Crippen molar-refractivity contribution in [2.24, 2.45) is 5.92 Å². The maximum absolute atomic E-state index is 12.3. The molecule has 0 N–H and O–H groups in total. The lowest BCUT2D eigenvalue weighted by Gasteiger charge is -2.40. The Morgan fingerprint density at radius 1 is 1.38 bits per heavy atom. The zero-order valence-corrected chi connectivity index (χ0v) is 13.5. The maximum Gasteiger partial charge on any atom is 0.222 e. The molecule has 0 spiro atoms. The lowest BCUT2D eigenvalue weighted by molar-refractivity contribution is -0.134. The molecular formula is C17H26N2O2. The quantitative estimate of drug-likeness (QED) is 0.854. The van der Waals surface area contributed by atoms with Crippen LogP contribution in [0.4, 0.5) is 0 Å².